The van der Waals surface area contributed by atoms with Gasteiger partial charge >= 0.3 is 0 Å². The smallest absolute Gasteiger partial charge is 0.0558 e. The van der Waals surface area contributed by atoms with Crippen LogP contribution in [0.1, 0.15) is 31.2 Å². The summed E-state index contributed by atoms with van der Waals surface area (Å²) < 4.78 is 0. The third-order valence-corrected chi connectivity index (χ3v) is 3.84. The minimum Gasteiger partial charge on any atom is -0.395 e. The minimum absolute atomic E-state index is 0.225. The Labute approximate surface area is 116 Å². The van der Waals surface area contributed by atoms with Gasteiger partial charge in [0.05, 0.1) is 6.61 Å². The predicted octanol–water partition coefficient (Wildman–Crippen LogP) is 2.49. The van der Waals surface area contributed by atoms with Gasteiger partial charge in [-0.05, 0) is 37.6 Å². The van der Waals surface area contributed by atoms with E-state index in [4.69, 9.17) is 5.11 Å². The summed E-state index contributed by atoms with van der Waals surface area (Å²) in [5.74, 6) is 0. The lowest BCUT2D eigenvalue weighted by atomic mass is 10.2. The number of hydrogen-bond acceptors (Lipinski definition) is 3. The molecule has 106 valence electrons. The highest BCUT2D eigenvalue weighted by atomic mass is 16.3. The lowest BCUT2D eigenvalue weighted by Gasteiger charge is -2.23. The number of likely N-dealkylation sites (N-methyl/N-ethyl adjacent to an activating group) is 1. The summed E-state index contributed by atoms with van der Waals surface area (Å²) in [4.78, 5) is 4.65. The van der Waals surface area contributed by atoms with Crippen LogP contribution in [-0.4, -0.2) is 43.3 Å². The molecule has 0 atom stereocenters. The molecule has 0 aromatic heterocycles. The van der Waals surface area contributed by atoms with Gasteiger partial charge in [0.1, 0.15) is 0 Å². The fourth-order valence-electron chi connectivity index (χ4n) is 2.70. The van der Waals surface area contributed by atoms with Crippen molar-refractivity contribution in [1.29, 1.82) is 0 Å². The fraction of sp³-hybridized carbons (Fsp3) is 0.625. The molecule has 1 N–H and O–H groups in total. The first-order valence-electron chi connectivity index (χ1n) is 7.43. The fourth-order valence-corrected chi connectivity index (χ4v) is 2.70. The van der Waals surface area contributed by atoms with Crippen LogP contribution in [-0.2, 0) is 6.54 Å². The molecule has 0 amide bonds. The van der Waals surface area contributed by atoms with Crippen LogP contribution >= 0.6 is 0 Å². The second kappa shape index (κ2) is 7.51. The van der Waals surface area contributed by atoms with E-state index in [0.717, 1.165) is 13.1 Å². The van der Waals surface area contributed by atoms with Crippen molar-refractivity contribution in [2.75, 3.05) is 38.2 Å². The zero-order valence-corrected chi connectivity index (χ0v) is 12.0. The number of hydrogen-bond donors (Lipinski definition) is 1. The van der Waals surface area contributed by atoms with Crippen LogP contribution in [0, 0.1) is 0 Å². The van der Waals surface area contributed by atoms with E-state index in [0.29, 0.717) is 0 Å². The standard InChI is InChI=1S/C16H26N2O/c1-17(12-13-19)14-15-6-8-16(9-7-15)18-10-4-2-3-5-11-18/h6-9,19H,2-5,10-14H2,1H3. The quantitative estimate of drug-likeness (QED) is 0.883. The van der Waals surface area contributed by atoms with Crippen molar-refractivity contribution in [3.8, 4) is 0 Å². The summed E-state index contributed by atoms with van der Waals surface area (Å²) in [5, 5.41) is 8.91. The summed E-state index contributed by atoms with van der Waals surface area (Å²) in [6.45, 7) is 4.25. The summed E-state index contributed by atoms with van der Waals surface area (Å²) in [5.41, 5.74) is 2.67. The summed E-state index contributed by atoms with van der Waals surface area (Å²) in [6, 6.07) is 8.92. The molecule has 0 bridgehead atoms. The Morgan fingerprint density at radius 1 is 1.05 bits per heavy atom. The topological polar surface area (TPSA) is 26.7 Å². The van der Waals surface area contributed by atoms with Crippen molar-refractivity contribution in [3.05, 3.63) is 29.8 Å². The molecular weight excluding hydrogens is 236 g/mol. The van der Waals surface area contributed by atoms with Crippen LogP contribution < -0.4 is 4.90 Å². The molecule has 19 heavy (non-hydrogen) atoms. The zero-order chi connectivity index (χ0) is 13.5. The highest BCUT2D eigenvalue weighted by molar-refractivity contribution is 5.47. The second-order valence-corrected chi connectivity index (χ2v) is 5.53. The molecule has 0 radical (unpaired) electrons. The van der Waals surface area contributed by atoms with E-state index in [2.05, 4.69) is 34.1 Å². The Hall–Kier alpha value is -1.06. The molecule has 0 unspecified atom stereocenters. The minimum atomic E-state index is 0.225. The van der Waals surface area contributed by atoms with Gasteiger partial charge in [0.25, 0.3) is 0 Å². The molecule has 2 rings (SSSR count). The Kier molecular flexibility index (Phi) is 5.67. The molecule has 0 saturated carbocycles. The van der Waals surface area contributed by atoms with Crippen LogP contribution in [0.2, 0.25) is 0 Å². The second-order valence-electron chi connectivity index (χ2n) is 5.53. The Morgan fingerprint density at radius 3 is 2.26 bits per heavy atom. The zero-order valence-electron chi connectivity index (χ0n) is 12.0. The summed E-state index contributed by atoms with van der Waals surface area (Å²) in [6.07, 6.45) is 5.39. The molecule has 1 aromatic carbocycles. The maximum atomic E-state index is 8.91. The van der Waals surface area contributed by atoms with Gasteiger partial charge in [0.2, 0.25) is 0 Å². The maximum Gasteiger partial charge on any atom is 0.0558 e. The van der Waals surface area contributed by atoms with Crippen molar-refractivity contribution in [2.24, 2.45) is 0 Å². The van der Waals surface area contributed by atoms with Crippen molar-refractivity contribution in [3.63, 3.8) is 0 Å². The van der Waals surface area contributed by atoms with Crippen molar-refractivity contribution in [2.45, 2.75) is 32.2 Å². The Bertz CT molecular complexity index is 356. The van der Waals surface area contributed by atoms with Gasteiger partial charge < -0.3 is 10.0 Å². The Morgan fingerprint density at radius 2 is 1.68 bits per heavy atom. The van der Waals surface area contributed by atoms with Crippen molar-refractivity contribution >= 4 is 5.69 Å². The van der Waals surface area contributed by atoms with E-state index in [9.17, 15) is 0 Å². The predicted molar refractivity (Wildman–Crippen MR) is 80.5 cm³/mol. The molecule has 1 saturated heterocycles. The van der Waals surface area contributed by atoms with Crippen molar-refractivity contribution in [1.82, 2.24) is 4.90 Å². The average Bonchev–Trinajstić information content (AvgIpc) is 2.69. The third kappa shape index (κ3) is 4.51. The van der Waals surface area contributed by atoms with Gasteiger partial charge in [-0.25, -0.2) is 0 Å². The SMILES string of the molecule is CN(CCO)Cc1ccc(N2CCCCCC2)cc1. The molecule has 1 aliphatic heterocycles. The van der Waals surface area contributed by atoms with Crippen LogP contribution in [0.5, 0.6) is 0 Å². The van der Waals surface area contributed by atoms with Gasteiger partial charge in [0, 0.05) is 31.9 Å². The van der Waals surface area contributed by atoms with Gasteiger partial charge in [-0.3, -0.25) is 4.90 Å². The molecule has 1 aromatic rings. The summed E-state index contributed by atoms with van der Waals surface area (Å²) in [7, 11) is 2.04. The molecule has 1 aliphatic rings. The number of rotatable bonds is 5. The van der Waals surface area contributed by atoms with E-state index >= 15 is 0 Å². The van der Waals surface area contributed by atoms with Gasteiger partial charge in [-0.15, -0.1) is 0 Å². The van der Waals surface area contributed by atoms with Gasteiger partial charge in [-0.2, -0.15) is 0 Å². The molecule has 3 nitrogen and oxygen atoms in total. The monoisotopic (exact) mass is 262 g/mol. The van der Waals surface area contributed by atoms with Crippen molar-refractivity contribution < 1.29 is 5.11 Å². The number of anilines is 1. The normalized spacial score (nSPS) is 16.7. The van der Waals surface area contributed by atoms with E-state index in [1.807, 2.05) is 7.05 Å². The van der Waals surface area contributed by atoms with E-state index in [-0.39, 0.29) is 6.61 Å². The first kappa shape index (κ1) is 14.4. The lowest BCUT2D eigenvalue weighted by molar-refractivity contribution is 0.217. The lowest BCUT2D eigenvalue weighted by Crippen LogP contribution is -2.24. The van der Waals surface area contributed by atoms with E-state index in [1.54, 1.807) is 0 Å². The molecule has 0 spiro atoms. The average molecular weight is 262 g/mol. The molecular formula is C16H26N2O. The summed E-state index contributed by atoms with van der Waals surface area (Å²) >= 11 is 0. The maximum absolute atomic E-state index is 8.91. The largest absolute Gasteiger partial charge is 0.395 e. The molecule has 1 fully saturated rings. The Balaban J connectivity index is 1.93. The first-order chi connectivity index (χ1) is 9.29. The van der Waals surface area contributed by atoms with E-state index < -0.39 is 0 Å². The highest BCUT2D eigenvalue weighted by Crippen LogP contribution is 2.20. The van der Waals surface area contributed by atoms with Crippen LogP contribution in [0.25, 0.3) is 0 Å². The number of benzene rings is 1. The molecule has 0 aliphatic carbocycles. The van der Waals surface area contributed by atoms with Gasteiger partial charge in [0.15, 0.2) is 0 Å². The van der Waals surface area contributed by atoms with Crippen LogP contribution in [0.4, 0.5) is 5.69 Å². The third-order valence-electron chi connectivity index (χ3n) is 3.84. The van der Waals surface area contributed by atoms with Gasteiger partial charge in [-0.1, -0.05) is 25.0 Å². The number of aliphatic hydroxyl groups is 1. The number of nitrogens with zero attached hydrogens (tertiary/aromatic N) is 2. The van der Waals surface area contributed by atoms with Crippen LogP contribution in [0.15, 0.2) is 24.3 Å². The first-order valence-corrected chi connectivity index (χ1v) is 7.43. The molecule has 1 heterocycles. The number of aliphatic hydroxyl groups excluding tert-OH is 1. The van der Waals surface area contributed by atoms with Crippen LogP contribution in [0.3, 0.4) is 0 Å². The van der Waals surface area contributed by atoms with E-state index in [1.165, 1.54) is 50.0 Å². The highest BCUT2D eigenvalue weighted by Gasteiger charge is 2.09. The molecule has 3 heteroatoms.